The summed E-state index contributed by atoms with van der Waals surface area (Å²) in [7, 11) is 1.63. The van der Waals surface area contributed by atoms with E-state index >= 15 is 0 Å². The van der Waals surface area contributed by atoms with Crippen LogP contribution in [0.1, 0.15) is 5.89 Å². The molecule has 68 valence electrons. The Bertz CT molecular complexity index is 408. The van der Waals surface area contributed by atoms with Crippen molar-refractivity contribution in [1.29, 1.82) is 0 Å². The summed E-state index contributed by atoms with van der Waals surface area (Å²) in [5, 5.41) is 9.55. The molecule has 0 aromatic carbocycles. The zero-order chi connectivity index (χ0) is 9.26. The predicted molar refractivity (Wildman–Crippen MR) is 48.9 cm³/mol. The average Bonchev–Trinajstić information content (AvgIpc) is 2.71. The molecule has 0 N–H and O–H groups in total. The highest BCUT2D eigenvalue weighted by Crippen LogP contribution is 2.29. The van der Waals surface area contributed by atoms with Gasteiger partial charge in [0.2, 0.25) is 5.89 Å². The van der Waals surface area contributed by atoms with E-state index in [0.717, 1.165) is 10.6 Å². The minimum absolute atomic E-state index is 0.547. The average molecular weight is 196 g/mol. The number of rotatable bonds is 2. The van der Waals surface area contributed by atoms with E-state index in [4.69, 9.17) is 9.15 Å². The largest absolute Gasteiger partial charge is 0.496 e. The minimum atomic E-state index is 0.547. The van der Waals surface area contributed by atoms with Gasteiger partial charge in [-0.1, -0.05) is 0 Å². The summed E-state index contributed by atoms with van der Waals surface area (Å²) in [4.78, 5) is 0.928. The van der Waals surface area contributed by atoms with Gasteiger partial charge in [-0.25, -0.2) is 0 Å². The normalized spacial score (nSPS) is 10.3. The van der Waals surface area contributed by atoms with E-state index in [2.05, 4.69) is 10.2 Å². The van der Waals surface area contributed by atoms with Crippen LogP contribution in [-0.4, -0.2) is 17.3 Å². The third-order valence-corrected chi connectivity index (χ3v) is 2.44. The van der Waals surface area contributed by atoms with Crippen molar-refractivity contribution < 1.29 is 9.15 Å². The Balaban J connectivity index is 2.35. The van der Waals surface area contributed by atoms with Crippen molar-refractivity contribution in [2.45, 2.75) is 6.92 Å². The maximum atomic E-state index is 5.26. The van der Waals surface area contributed by atoms with Crippen molar-refractivity contribution in [3.05, 3.63) is 17.3 Å². The fraction of sp³-hybridized carbons (Fsp3) is 0.250. The Morgan fingerprint density at radius 3 is 2.85 bits per heavy atom. The van der Waals surface area contributed by atoms with E-state index in [1.807, 2.05) is 11.4 Å². The monoisotopic (exact) mass is 196 g/mol. The van der Waals surface area contributed by atoms with Crippen LogP contribution in [0.3, 0.4) is 0 Å². The molecule has 0 aliphatic heterocycles. The Labute approximate surface area is 79.2 Å². The van der Waals surface area contributed by atoms with Gasteiger partial charge in [0.15, 0.2) is 0 Å². The van der Waals surface area contributed by atoms with Gasteiger partial charge in [0.25, 0.3) is 5.89 Å². The summed E-state index contributed by atoms with van der Waals surface area (Å²) in [5.41, 5.74) is 0. The number of nitrogens with zero attached hydrogens (tertiary/aromatic N) is 2. The van der Waals surface area contributed by atoms with Crippen LogP contribution in [0.2, 0.25) is 0 Å². The molecule has 0 aliphatic carbocycles. The van der Waals surface area contributed by atoms with Gasteiger partial charge in [-0.05, 0) is 0 Å². The molecule has 0 amide bonds. The van der Waals surface area contributed by atoms with Crippen molar-refractivity contribution in [3.63, 3.8) is 0 Å². The van der Waals surface area contributed by atoms with Crippen molar-refractivity contribution in [1.82, 2.24) is 10.2 Å². The van der Waals surface area contributed by atoms with Crippen LogP contribution in [0.15, 0.2) is 15.9 Å². The lowest BCUT2D eigenvalue weighted by molar-refractivity contribution is 0.416. The van der Waals surface area contributed by atoms with Crippen LogP contribution in [0.25, 0.3) is 10.8 Å². The Kier molecular flexibility index (Phi) is 2.02. The molecule has 0 fully saturated rings. The number of aryl methyl sites for hydroxylation is 1. The molecule has 2 heterocycles. The van der Waals surface area contributed by atoms with Crippen molar-refractivity contribution >= 4 is 11.3 Å². The number of hydrogen-bond acceptors (Lipinski definition) is 5. The van der Waals surface area contributed by atoms with E-state index in [-0.39, 0.29) is 0 Å². The maximum absolute atomic E-state index is 5.26. The predicted octanol–water partition coefficient (Wildman–Crippen LogP) is 2.12. The van der Waals surface area contributed by atoms with E-state index in [9.17, 15) is 0 Å². The lowest BCUT2D eigenvalue weighted by atomic mass is 10.4. The second-order valence-electron chi connectivity index (χ2n) is 2.48. The van der Waals surface area contributed by atoms with Crippen molar-refractivity contribution in [2.75, 3.05) is 7.11 Å². The Hall–Kier alpha value is -1.36. The summed E-state index contributed by atoms with van der Waals surface area (Å²) in [6, 6.07) is 1.87. The minimum Gasteiger partial charge on any atom is -0.496 e. The molecule has 2 aromatic heterocycles. The third-order valence-electron chi connectivity index (χ3n) is 1.55. The molecular weight excluding hydrogens is 188 g/mol. The number of hydrogen-bond donors (Lipinski definition) is 0. The molecule has 2 aromatic rings. The second kappa shape index (κ2) is 3.18. The fourth-order valence-corrected chi connectivity index (χ4v) is 1.71. The zero-order valence-electron chi connectivity index (χ0n) is 7.27. The maximum Gasteiger partial charge on any atom is 0.257 e. The molecule has 5 heteroatoms. The third kappa shape index (κ3) is 1.55. The van der Waals surface area contributed by atoms with Crippen molar-refractivity contribution in [3.8, 4) is 16.5 Å². The highest BCUT2D eigenvalue weighted by atomic mass is 32.1. The molecule has 0 spiro atoms. The second-order valence-corrected chi connectivity index (χ2v) is 3.39. The molecule has 0 radical (unpaired) electrons. The molecule has 0 atom stereocenters. The molecular formula is C8H8N2O2S. The van der Waals surface area contributed by atoms with Crippen molar-refractivity contribution in [2.24, 2.45) is 0 Å². The molecule has 0 saturated heterocycles. The van der Waals surface area contributed by atoms with Gasteiger partial charge >= 0.3 is 0 Å². The van der Waals surface area contributed by atoms with E-state index < -0.39 is 0 Å². The molecule has 13 heavy (non-hydrogen) atoms. The van der Waals surface area contributed by atoms with Gasteiger partial charge in [0, 0.05) is 18.4 Å². The first-order valence-electron chi connectivity index (χ1n) is 3.72. The standard InChI is InChI=1S/C8H8N2O2S/c1-5-9-10-8(12-5)7-3-6(11-2)4-13-7/h3-4H,1-2H3. The highest BCUT2D eigenvalue weighted by Gasteiger charge is 2.08. The first-order chi connectivity index (χ1) is 6.29. The smallest absolute Gasteiger partial charge is 0.257 e. The summed E-state index contributed by atoms with van der Waals surface area (Å²) in [6.07, 6.45) is 0. The van der Waals surface area contributed by atoms with E-state index in [1.54, 1.807) is 14.0 Å². The molecule has 2 rings (SSSR count). The first-order valence-corrected chi connectivity index (χ1v) is 4.60. The quantitative estimate of drug-likeness (QED) is 0.738. The fourth-order valence-electron chi connectivity index (χ4n) is 0.934. The highest BCUT2D eigenvalue weighted by molar-refractivity contribution is 7.13. The van der Waals surface area contributed by atoms with Gasteiger partial charge in [-0.3, -0.25) is 0 Å². The van der Waals surface area contributed by atoms with Crippen LogP contribution in [0.4, 0.5) is 0 Å². The molecule has 0 aliphatic rings. The number of ether oxygens (including phenoxy) is 1. The van der Waals surface area contributed by atoms with Crippen LogP contribution in [0.5, 0.6) is 5.75 Å². The lowest BCUT2D eigenvalue weighted by Gasteiger charge is -1.88. The topological polar surface area (TPSA) is 48.2 Å². The molecule has 0 saturated carbocycles. The number of methoxy groups -OCH3 is 1. The molecule has 0 unspecified atom stereocenters. The van der Waals surface area contributed by atoms with E-state index in [0.29, 0.717) is 11.8 Å². The number of aromatic nitrogens is 2. The lowest BCUT2D eigenvalue weighted by Crippen LogP contribution is -1.76. The van der Waals surface area contributed by atoms with Crippen LogP contribution in [-0.2, 0) is 0 Å². The molecule has 4 nitrogen and oxygen atoms in total. The van der Waals surface area contributed by atoms with Crippen LogP contribution < -0.4 is 4.74 Å². The summed E-state index contributed by atoms with van der Waals surface area (Å²) >= 11 is 1.52. The van der Waals surface area contributed by atoms with Crippen LogP contribution >= 0.6 is 11.3 Å². The first kappa shape index (κ1) is 8.25. The number of thiophene rings is 1. The summed E-state index contributed by atoms with van der Waals surface area (Å²) in [6.45, 7) is 1.77. The molecule has 0 bridgehead atoms. The van der Waals surface area contributed by atoms with E-state index in [1.165, 1.54) is 11.3 Å². The zero-order valence-corrected chi connectivity index (χ0v) is 8.09. The van der Waals surface area contributed by atoms with Crippen LogP contribution in [0, 0.1) is 6.92 Å². The summed E-state index contributed by atoms with van der Waals surface area (Å²) < 4.78 is 10.3. The van der Waals surface area contributed by atoms with Gasteiger partial charge in [-0.15, -0.1) is 21.5 Å². The summed E-state index contributed by atoms with van der Waals surface area (Å²) in [5.74, 6) is 1.93. The SMILES string of the molecule is COc1csc(-c2nnc(C)o2)c1. The Morgan fingerprint density at radius 1 is 1.46 bits per heavy atom. The van der Waals surface area contributed by atoms with Gasteiger partial charge < -0.3 is 9.15 Å². The Morgan fingerprint density at radius 2 is 2.31 bits per heavy atom. The van der Waals surface area contributed by atoms with Gasteiger partial charge in [0.05, 0.1) is 12.0 Å². The van der Waals surface area contributed by atoms with Gasteiger partial charge in [0.1, 0.15) is 5.75 Å². The van der Waals surface area contributed by atoms with Gasteiger partial charge in [-0.2, -0.15) is 0 Å².